The van der Waals surface area contributed by atoms with Gasteiger partial charge in [-0.05, 0) is 50.5 Å². The third-order valence-electron chi connectivity index (χ3n) is 7.60. The normalized spacial score (nSPS) is 21.5. The minimum atomic E-state index is -0.0807. The minimum absolute atomic E-state index is 0.0109. The number of nitrogens with one attached hydrogen (secondary N) is 2. The van der Waals surface area contributed by atoms with Crippen LogP contribution < -0.4 is 15.5 Å². The Morgan fingerprint density at radius 3 is 2.63 bits per heavy atom. The largest absolute Gasteiger partial charge is 0.394 e. The van der Waals surface area contributed by atoms with Crippen LogP contribution in [0.1, 0.15) is 57.2 Å². The van der Waals surface area contributed by atoms with Gasteiger partial charge in [-0.15, -0.1) is 0 Å². The van der Waals surface area contributed by atoms with Gasteiger partial charge in [0.25, 0.3) is 0 Å². The number of aliphatic hydroxyl groups excluding tert-OH is 1. The van der Waals surface area contributed by atoms with Crippen molar-refractivity contribution in [2.45, 2.75) is 70.9 Å². The smallest absolute Gasteiger partial charge is 0.245 e. The quantitative estimate of drug-likeness (QED) is 0.459. The number of likely N-dealkylation sites (tertiary alicyclic amines) is 1. The van der Waals surface area contributed by atoms with Gasteiger partial charge >= 0.3 is 0 Å². The lowest BCUT2D eigenvalue weighted by Crippen LogP contribution is -2.59. The molecule has 0 radical (unpaired) electrons. The Labute approximate surface area is 208 Å². The molecule has 9 nitrogen and oxygen atoms in total. The van der Waals surface area contributed by atoms with Crippen LogP contribution in [0.3, 0.4) is 0 Å². The van der Waals surface area contributed by atoms with Crippen LogP contribution in [0.15, 0.2) is 12.7 Å². The number of hydrogen-bond acceptors (Lipinski definition) is 7. The van der Waals surface area contributed by atoms with Gasteiger partial charge in [0.15, 0.2) is 0 Å². The molecule has 192 valence electrons. The molecule has 0 saturated carbocycles. The maximum Gasteiger partial charge on any atom is 0.245 e. The molecule has 35 heavy (non-hydrogen) atoms. The van der Waals surface area contributed by atoms with Gasteiger partial charge in [0.2, 0.25) is 17.8 Å². The lowest BCUT2D eigenvalue weighted by Gasteiger charge is -2.47. The fourth-order valence-electron chi connectivity index (χ4n) is 5.95. The first-order valence-electron chi connectivity index (χ1n) is 12.9. The zero-order chi connectivity index (χ0) is 25.2. The maximum absolute atomic E-state index is 12.2. The Kier molecular flexibility index (Phi) is 7.64. The number of nitrogens with zero attached hydrogens (tertiary/aromatic N) is 4. The summed E-state index contributed by atoms with van der Waals surface area (Å²) in [5.74, 6) is 1.87. The minimum Gasteiger partial charge on any atom is -0.394 e. The molecule has 9 heteroatoms. The van der Waals surface area contributed by atoms with E-state index in [0.29, 0.717) is 37.9 Å². The van der Waals surface area contributed by atoms with Crippen LogP contribution in [0, 0.1) is 11.3 Å². The van der Waals surface area contributed by atoms with Crippen molar-refractivity contribution in [3.8, 4) is 0 Å². The standard InChI is InChI=1S/C26H40N6O3/c1-5-23(35)31-14-26(15-31)12-19(13-33)32(16-26)25-29-21-9-7-6-8-20(21)24(30-25)28-18(10-17(2)3)11-22(34)27-4/h5,17-19,33H,1,6-16H2,2-4H3,(H,27,34)(H,28,29,30)/t18?,19-/m0/s1. The molecule has 2 amide bonds. The molecule has 2 saturated heterocycles. The molecule has 4 rings (SSSR count). The summed E-state index contributed by atoms with van der Waals surface area (Å²) in [5.41, 5.74) is 2.19. The van der Waals surface area contributed by atoms with Gasteiger partial charge in [-0.3, -0.25) is 9.59 Å². The molecule has 0 bridgehead atoms. The van der Waals surface area contributed by atoms with Crippen molar-refractivity contribution >= 4 is 23.6 Å². The second-order valence-electron chi connectivity index (χ2n) is 10.9. The second-order valence-corrected chi connectivity index (χ2v) is 10.9. The van der Waals surface area contributed by atoms with E-state index >= 15 is 0 Å². The van der Waals surface area contributed by atoms with Crippen molar-refractivity contribution in [3.63, 3.8) is 0 Å². The molecular formula is C26H40N6O3. The lowest BCUT2D eigenvalue weighted by molar-refractivity contribution is -0.136. The highest BCUT2D eigenvalue weighted by molar-refractivity contribution is 5.87. The number of aryl methyl sites for hydroxylation is 1. The first-order valence-corrected chi connectivity index (χ1v) is 12.9. The molecule has 1 unspecified atom stereocenters. The number of fused-ring (bicyclic) bond motifs is 1. The number of amides is 2. The first kappa shape index (κ1) is 25.4. The van der Waals surface area contributed by atoms with Gasteiger partial charge in [0.05, 0.1) is 18.3 Å². The summed E-state index contributed by atoms with van der Waals surface area (Å²) in [6.45, 7) is 9.99. The summed E-state index contributed by atoms with van der Waals surface area (Å²) in [5, 5.41) is 16.6. The second kappa shape index (κ2) is 10.5. The van der Waals surface area contributed by atoms with Crippen LogP contribution in [0.25, 0.3) is 0 Å². The third kappa shape index (κ3) is 5.44. The number of carbonyl (C=O) groups excluding carboxylic acids is 2. The highest BCUT2D eigenvalue weighted by Gasteiger charge is 2.53. The van der Waals surface area contributed by atoms with E-state index in [1.807, 2.05) is 0 Å². The van der Waals surface area contributed by atoms with Gasteiger partial charge in [0.1, 0.15) is 5.82 Å². The monoisotopic (exact) mass is 484 g/mol. The van der Waals surface area contributed by atoms with E-state index in [0.717, 1.165) is 55.6 Å². The van der Waals surface area contributed by atoms with Gasteiger partial charge in [-0.2, -0.15) is 4.98 Å². The van der Waals surface area contributed by atoms with Crippen molar-refractivity contribution in [2.75, 3.05) is 43.5 Å². The molecule has 2 aliphatic heterocycles. The average Bonchev–Trinajstić information content (AvgIpc) is 3.22. The topological polar surface area (TPSA) is 111 Å². The summed E-state index contributed by atoms with van der Waals surface area (Å²) in [7, 11) is 1.67. The number of anilines is 2. The molecule has 3 aliphatic rings. The first-order chi connectivity index (χ1) is 16.8. The molecule has 1 aromatic rings. The van der Waals surface area contributed by atoms with Crippen molar-refractivity contribution in [3.05, 3.63) is 23.9 Å². The maximum atomic E-state index is 12.2. The Bertz CT molecular complexity index is 959. The van der Waals surface area contributed by atoms with Crippen molar-refractivity contribution in [2.24, 2.45) is 11.3 Å². The lowest BCUT2D eigenvalue weighted by atomic mass is 9.78. The Morgan fingerprint density at radius 2 is 1.97 bits per heavy atom. The van der Waals surface area contributed by atoms with E-state index in [-0.39, 0.29) is 35.9 Å². The number of rotatable bonds is 9. The van der Waals surface area contributed by atoms with E-state index in [2.05, 4.69) is 36.0 Å². The van der Waals surface area contributed by atoms with Crippen LogP contribution in [-0.2, 0) is 22.4 Å². The van der Waals surface area contributed by atoms with Gasteiger partial charge in [-0.1, -0.05) is 20.4 Å². The van der Waals surface area contributed by atoms with E-state index < -0.39 is 0 Å². The van der Waals surface area contributed by atoms with Crippen LogP contribution >= 0.6 is 0 Å². The fourth-order valence-corrected chi connectivity index (χ4v) is 5.95. The zero-order valence-electron chi connectivity index (χ0n) is 21.3. The van der Waals surface area contributed by atoms with Crippen LogP contribution in [0.2, 0.25) is 0 Å². The average molecular weight is 485 g/mol. The zero-order valence-corrected chi connectivity index (χ0v) is 21.3. The van der Waals surface area contributed by atoms with E-state index in [1.165, 1.54) is 6.08 Å². The fraction of sp³-hybridized carbons (Fsp3) is 0.692. The number of carbonyl (C=O) groups is 2. The molecule has 1 aliphatic carbocycles. The summed E-state index contributed by atoms with van der Waals surface area (Å²) in [6.07, 6.45) is 7.46. The summed E-state index contributed by atoms with van der Waals surface area (Å²) >= 11 is 0. The molecular weight excluding hydrogens is 444 g/mol. The van der Waals surface area contributed by atoms with E-state index in [4.69, 9.17) is 9.97 Å². The van der Waals surface area contributed by atoms with Crippen LogP contribution in [0.4, 0.5) is 11.8 Å². The molecule has 0 aromatic carbocycles. The summed E-state index contributed by atoms with van der Waals surface area (Å²) in [4.78, 5) is 38.1. The number of aliphatic hydroxyl groups is 1. The van der Waals surface area contributed by atoms with Gasteiger partial charge in [0, 0.05) is 50.1 Å². The SMILES string of the molecule is C=CC(=O)N1CC2(C[C@@H](CO)N(c3nc4c(c(NC(CC(=O)NC)CC(C)C)n3)CCCC4)C2)C1. The molecule has 3 N–H and O–H groups in total. The van der Waals surface area contributed by atoms with Crippen molar-refractivity contribution in [1.29, 1.82) is 0 Å². The van der Waals surface area contributed by atoms with Crippen LogP contribution in [-0.4, -0.2) is 77.2 Å². The number of hydrogen-bond donors (Lipinski definition) is 3. The van der Waals surface area contributed by atoms with Gasteiger partial charge < -0.3 is 25.5 Å². The van der Waals surface area contributed by atoms with E-state index in [1.54, 1.807) is 11.9 Å². The summed E-state index contributed by atoms with van der Waals surface area (Å²) in [6, 6.07) is -0.102. The molecule has 3 heterocycles. The van der Waals surface area contributed by atoms with Crippen molar-refractivity contribution < 1.29 is 14.7 Å². The Balaban J connectivity index is 1.61. The van der Waals surface area contributed by atoms with Crippen molar-refractivity contribution in [1.82, 2.24) is 20.2 Å². The molecule has 1 aromatic heterocycles. The highest BCUT2D eigenvalue weighted by atomic mass is 16.3. The van der Waals surface area contributed by atoms with Crippen LogP contribution in [0.5, 0.6) is 0 Å². The predicted octanol–water partition coefficient (Wildman–Crippen LogP) is 1.90. The molecule has 1 spiro atoms. The molecule has 2 fully saturated rings. The predicted molar refractivity (Wildman–Crippen MR) is 136 cm³/mol. The van der Waals surface area contributed by atoms with Gasteiger partial charge in [-0.25, -0.2) is 4.98 Å². The number of aromatic nitrogens is 2. The Morgan fingerprint density at radius 1 is 1.23 bits per heavy atom. The Hall–Kier alpha value is -2.68. The highest BCUT2D eigenvalue weighted by Crippen LogP contribution is 2.44. The van der Waals surface area contributed by atoms with E-state index in [9.17, 15) is 14.7 Å². The summed E-state index contributed by atoms with van der Waals surface area (Å²) < 4.78 is 0. The third-order valence-corrected chi connectivity index (χ3v) is 7.60. The molecule has 2 atom stereocenters.